The fourth-order valence-electron chi connectivity index (χ4n) is 2.49. The Balaban J connectivity index is 2.58. The molecule has 19 heavy (non-hydrogen) atoms. The van der Waals surface area contributed by atoms with E-state index in [0.717, 1.165) is 31.2 Å². The summed E-state index contributed by atoms with van der Waals surface area (Å²) < 4.78 is 13.0. The summed E-state index contributed by atoms with van der Waals surface area (Å²) in [5.41, 5.74) is 6.95. The molecule has 0 saturated carbocycles. The third kappa shape index (κ3) is 5.11. The van der Waals surface area contributed by atoms with Crippen LogP contribution in [-0.2, 0) is 0 Å². The minimum Gasteiger partial charge on any atom is -0.330 e. The number of Topliss-reactive ketones (excluding diaryl/α,β-unsaturated/α-hetero) is 1. The van der Waals surface area contributed by atoms with Gasteiger partial charge in [-0.25, -0.2) is 4.39 Å². The minimum atomic E-state index is -0.291. The molecule has 1 unspecified atom stereocenters. The summed E-state index contributed by atoms with van der Waals surface area (Å²) in [6.45, 7) is 4.60. The molecule has 1 aromatic rings. The van der Waals surface area contributed by atoms with Crippen molar-refractivity contribution in [3.63, 3.8) is 0 Å². The summed E-state index contributed by atoms with van der Waals surface area (Å²) in [5.74, 6) is 0.344. The van der Waals surface area contributed by atoms with Crippen molar-refractivity contribution in [1.82, 2.24) is 0 Å². The summed E-state index contributed by atoms with van der Waals surface area (Å²) in [4.78, 5) is 12.1. The van der Waals surface area contributed by atoms with E-state index in [1.165, 1.54) is 12.1 Å². The van der Waals surface area contributed by atoms with Gasteiger partial charge in [0, 0.05) is 12.0 Å². The first-order valence-electron chi connectivity index (χ1n) is 7.07. The first kappa shape index (κ1) is 15.8. The number of ketones is 1. The van der Waals surface area contributed by atoms with E-state index >= 15 is 0 Å². The van der Waals surface area contributed by atoms with Crippen LogP contribution in [0.5, 0.6) is 0 Å². The maximum atomic E-state index is 13.0. The lowest BCUT2D eigenvalue weighted by Gasteiger charge is -2.14. The van der Waals surface area contributed by atoms with E-state index in [9.17, 15) is 9.18 Å². The van der Waals surface area contributed by atoms with Gasteiger partial charge in [-0.3, -0.25) is 4.79 Å². The second-order valence-electron chi connectivity index (χ2n) is 5.15. The van der Waals surface area contributed by atoms with E-state index in [1.54, 1.807) is 13.0 Å². The van der Waals surface area contributed by atoms with E-state index in [2.05, 4.69) is 6.92 Å². The highest BCUT2D eigenvalue weighted by atomic mass is 19.1. The van der Waals surface area contributed by atoms with Crippen molar-refractivity contribution in [3.05, 3.63) is 35.1 Å². The predicted molar refractivity (Wildman–Crippen MR) is 76.8 cm³/mol. The van der Waals surface area contributed by atoms with Gasteiger partial charge in [0.25, 0.3) is 0 Å². The fourth-order valence-corrected chi connectivity index (χ4v) is 2.49. The molecule has 0 aliphatic carbocycles. The van der Waals surface area contributed by atoms with Gasteiger partial charge in [-0.1, -0.05) is 19.8 Å². The normalized spacial score (nSPS) is 12.4. The monoisotopic (exact) mass is 265 g/mol. The summed E-state index contributed by atoms with van der Waals surface area (Å²) in [6.07, 6.45) is 4.61. The zero-order chi connectivity index (χ0) is 14.3. The van der Waals surface area contributed by atoms with Crippen LogP contribution in [-0.4, -0.2) is 12.3 Å². The molecule has 2 N–H and O–H groups in total. The van der Waals surface area contributed by atoms with Crippen molar-refractivity contribution in [3.8, 4) is 0 Å². The summed E-state index contributed by atoms with van der Waals surface area (Å²) in [5, 5.41) is 0. The van der Waals surface area contributed by atoms with E-state index in [1.807, 2.05) is 0 Å². The van der Waals surface area contributed by atoms with Gasteiger partial charge < -0.3 is 5.73 Å². The molecule has 0 heterocycles. The van der Waals surface area contributed by atoms with Crippen LogP contribution >= 0.6 is 0 Å². The summed E-state index contributed by atoms with van der Waals surface area (Å²) >= 11 is 0. The number of carbonyl (C=O) groups is 1. The van der Waals surface area contributed by atoms with Crippen LogP contribution < -0.4 is 5.73 Å². The largest absolute Gasteiger partial charge is 0.330 e. The Kier molecular flexibility index (Phi) is 6.71. The highest BCUT2D eigenvalue weighted by Crippen LogP contribution is 2.20. The first-order chi connectivity index (χ1) is 9.08. The van der Waals surface area contributed by atoms with Crippen molar-refractivity contribution in [2.75, 3.05) is 6.54 Å². The lowest BCUT2D eigenvalue weighted by atomic mass is 9.91. The lowest BCUT2D eigenvalue weighted by molar-refractivity contribution is 0.0971. The van der Waals surface area contributed by atoms with Crippen LogP contribution in [0.25, 0.3) is 0 Å². The number of hydrogen-bond donors (Lipinski definition) is 1. The average Bonchev–Trinajstić information content (AvgIpc) is 2.36. The molecule has 0 aromatic heterocycles. The molecule has 0 saturated heterocycles. The molecule has 106 valence electrons. The Bertz CT molecular complexity index is 411. The number of carbonyl (C=O) groups excluding carboxylic acids is 1. The number of benzene rings is 1. The quantitative estimate of drug-likeness (QED) is 0.725. The Hall–Kier alpha value is -1.22. The molecule has 0 amide bonds. The SMILES string of the molecule is CCCC(CCN)CCC(=O)c1ccc(F)cc1C. The van der Waals surface area contributed by atoms with Gasteiger partial charge >= 0.3 is 0 Å². The lowest BCUT2D eigenvalue weighted by Crippen LogP contribution is -2.11. The number of halogens is 1. The second kappa shape index (κ2) is 8.05. The Labute approximate surface area is 115 Å². The molecular formula is C16H24FNO. The van der Waals surface area contributed by atoms with Crippen LogP contribution in [0.2, 0.25) is 0 Å². The highest BCUT2D eigenvalue weighted by Gasteiger charge is 2.13. The van der Waals surface area contributed by atoms with Crippen LogP contribution in [0.3, 0.4) is 0 Å². The van der Waals surface area contributed by atoms with Crippen molar-refractivity contribution >= 4 is 5.78 Å². The molecule has 1 rings (SSSR count). The Morgan fingerprint density at radius 3 is 2.63 bits per heavy atom. The van der Waals surface area contributed by atoms with Gasteiger partial charge in [-0.05, 0) is 56.0 Å². The number of aryl methyl sites for hydroxylation is 1. The van der Waals surface area contributed by atoms with Crippen LogP contribution in [0.1, 0.15) is 54.9 Å². The molecule has 2 nitrogen and oxygen atoms in total. The molecular weight excluding hydrogens is 241 g/mol. The first-order valence-corrected chi connectivity index (χ1v) is 7.07. The van der Waals surface area contributed by atoms with Crippen LogP contribution in [0.15, 0.2) is 18.2 Å². The Morgan fingerprint density at radius 2 is 2.05 bits per heavy atom. The van der Waals surface area contributed by atoms with E-state index in [0.29, 0.717) is 24.4 Å². The molecule has 0 radical (unpaired) electrons. The van der Waals surface area contributed by atoms with Crippen LogP contribution in [0.4, 0.5) is 4.39 Å². The second-order valence-corrected chi connectivity index (χ2v) is 5.15. The van der Waals surface area contributed by atoms with Crippen LogP contribution in [0, 0.1) is 18.7 Å². The van der Waals surface area contributed by atoms with E-state index in [-0.39, 0.29) is 11.6 Å². The molecule has 3 heteroatoms. The van der Waals surface area contributed by atoms with Gasteiger partial charge in [0.15, 0.2) is 5.78 Å². The zero-order valence-corrected chi connectivity index (χ0v) is 11.9. The molecule has 0 aliphatic heterocycles. The van der Waals surface area contributed by atoms with Crippen molar-refractivity contribution in [2.24, 2.45) is 11.7 Å². The number of rotatable bonds is 8. The number of nitrogens with two attached hydrogens (primary N) is 1. The fraction of sp³-hybridized carbons (Fsp3) is 0.562. The zero-order valence-electron chi connectivity index (χ0n) is 11.9. The maximum Gasteiger partial charge on any atom is 0.163 e. The minimum absolute atomic E-state index is 0.107. The van der Waals surface area contributed by atoms with Crippen molar-refractivity contribution in [2.45, 2.75) is 46.0 Å². The van der Waals surface area contributed by atoms with Gasteiger partial charge in [0.1, 0.15) is 5.82 Å². The predicted octanol–water partition coefficient (Wildman–Crippen LogP) is 3.86. The van der Waals surface area contributed by atoms with Gasteiger partial charge in [0.05, 0.1) is 0 Å². The average molecular weight is 265 g/mol. The van der Waals surface area contributed by atoms with Gasteiger partial charge in [0.2, 0.25) is 0 Å². The molecule has 1 aromatic carbocycles. The van der Waals surface area contributed by atoms with E-state index < -0.39 is 0 Å². The van der Waals surface area contributed by atoms with Crippen molar-refractivity contribution in [1.29, 1.82) is 0 Å². The molecule has 0 aliphatic rings. The molecule has 0 spiro atoms. The summed E-state index contributed by atoms with van der Waals surface area (Å²) in [7, 11) is 0. The van der Waals surface area contributed by atoms with E-state index in [4.69, 9.17) is 5.73 Å². The standard InChI is InChI=1S/C16H24FNO/c1-3-4-13(9-10-18)5-8-16(19)15-7-6-14(17)11-12(15)2/h6-7,11,13H,3-5,8-10,18H2,1-2H3. The molecule has 0 fully saturated rings. The van der Waals surface area contributed by atoms with Crippen molar-refractivity contribution < 1.29 is 9.18 Å². The van der Waals surface area contributed by atoms with Gasteiger partial charge in [-0.2, -0.15) is 0 Å². The third-order valence-electron chi connectivity index (χ3n) is 3.54. The topological polar surface area (TPSA) is 43.1 Å². The highest BCUT2D eigenvalue weighted by molar-refractivity contribution is 5.97. The maximum absolute atomic E-state index is 13.0. The third-order valence-corrected chi connectivity index (χ3v) is 3.54. The molecule has 0 bridgehead atoms. The summed E-state index contributed by atoms with van der Waals surface area (Å²) in [6, 6.07) is 4.35. The Morgan fingerprint density at radius 1 is 1.32 bits per heavy atom. The molecule has 1 atom stereocenters. The van der Waals surface area contributed by atoms with Gasteiger partial charge in [-0.15, -0.1) is 0 Å². The number of hydrogen-bond acceptors (Lipinski definition) is 2. The smallest absolute Gasteiger partial charge is 0.163 e.